The Morgan fingerprint density at radius 1 is 1.43 bits per heavy atom. The Morgan fingerprint density at radius 2 is 1.57 bits per heavy atom. The van der Waals surface area contributed by atoms with E-state index in [9.17, 15) is 0 Å². The van der Waals surface area contributed by atoms with Gasteiger partial charge in [-0.15, -0.1) is 23.2 Å². The van der Waals surface area contributed by atoms with Crippen molar-refractivity contribution in [3.63, 3.8) is 0 Å². The molecule has 0 saturated heterocycles. The highest BCUT2D eigenvalue weighted by atomic mass is 35.5. The molecule has 1 rings (SSSR count). The number of nitrogens with zero attached hydrogens (tertiary/aromatic N) is 1. The molecular formula is C4H5Cl2N. The van der Waals surface area contributed by atoms with Crippen LogP contribution in [0.2, 0.25) is 0 Å². The normalized spacial score (nSPS) is 11.7. The van der Waals surface area contributed by atoms with Gasteiger partial charge in [0, 0.05) is 12.4 Å². The van der Waals surface area contributed by atoms with Gasteiger partial charge in [0.05, 0.1) is 5.34 Å². The number of halogens is 2. The van der Waals surface area contributed by atoms with Crippen LogP contribution in [0.3, 0.4) is 0 Å². The van der Waals surface area contributed by atoms with Crippen molar-refractivity contribution < 1.29 is 0 Å². The van der Waals surface area contributed by atoms with Gasteiger partial charge in [0.1, 0.15) is 0 Å². The predicted molar refractivity (Wildman–Crippen MR) is 34.2 cm³/mol. The zero-order valence-corrected chi connectivity index (χ0v) is 5.15. The van der Waals surface area contributed by atoms with E-state index in [1.54, 1.807) is 12.4 Å². The first-order chi connectivity index (χ1) is 3.41. The summed E-state index contributed by atoms with van der Waals surface area (Å²) in [5.74, 6) is 0. The highest BCUT2D eigenvalue weighted by molar-refractivity contribution is 6.40. The summed E-state index contributed by atoms with van der Waals surface area (Å²) in [5.41, 5.74) is 0. The standard InChI is InChI=1S/C3H3N.CH2Cl2/c1-2-4-3-1;2-1-3/h1-3H;1H2. The maximum Gasteiger partial charge on any atom is 0.0967 e. The monoisotopic (exact) mass is 137 g/mol. The van der Waals surface area contributed by atoms with Crippen molar-refractivity contribution in [1.82, 2.24) is 0 Å². The van der Waals surface area contributed by atoms with Crippen molar-refractivity contribution in [3.05, 3.63) is 12.3 Å². The minimum Gasteiger partial charge on any atom is -0.265 e. The Balaban J connectivity index is 0.000000110. The minimum atomic E-state index is 0.194. The number of rotatable bonds is 0. The van der Waals surface area contributed by atoms with Gasteiger partial charge in [-0.2, -0.15) is 0 Å². The van der Waals surface area contributed by atoms with Crippen molar-refractivity contribution >= 4 is 29.4 Å². The first-order valence-corrected chi connectivity index (χ1v) is 2.79. The van der Waals surface area contributed by atoms with Crippen molar-refractivity contribution in [2.75, 3.05) is 5.34 Å². The zero-order valence-electron chi connectivity index (χ0n) is 3.64. The van der Waals surface area contributed by atoms with Gasteiger partial charge in [0.2, 0.25) is 0 Å². The predicted octanol–water partition coefficient (Wildman–Crippen LogP) is 2.01. The molecule has 1 heterocycles. The molecule has 3 heteroatoms. The second-order valence-electron chi connectivity index (χ2n) is 0.741. The zero-order chi connectivity index (χ0) is 5.54. The van der Waals surface area contributed by atoms with E-state index in [0.717, 1.165) is 0 Å². The van der Waals surface area contributed by atoms with Crippen molar-refractivity contribution in [2.45, 2.75) is 0 Å². The Labute approximate surface area is 52.6 Å². The Hall–Kier alpha value is -0.0100. The maximum absolute atomic E-state index is 4.76. The van der Waals surface area contributed by atoms with Crippen LogP contribution in [0.1, 0.15) is 0 Å². The fraction of sp³-hybridized carbons (Fsp3) is 0.250. The van der Waals surface area contributed by atoms with Gasteiger partial charge in [-0.3, -0.25) is 4.99 Å². The smallest absolute Gasteiger partial charge is 0.0967 e. The molecule has 0 fully saturated rings. The fourth-order valence-corrected chi connectivity index (χ4v) is 0.0861. The van der Waals surface area contributed by atoms with Crippen molar-refractivity contribution in [2.24, 2.45) is 4.99 Å². The highest BCUT2D eigenvalue weighted by Gasteiger charge is 1.66. The maximum atomic E-state index is 4.76. The molecule has 0 aromatic carbocycles. The number of allylic oxidation sites excluding steroid dienone is 1. The molecule has 1 aliphatic heterocycles. The summed E-state index contributed by atoms with van der Waals surface area (Å²) < 4.78 is 0. The third-order valence-electron chi connectivity index (χ3n) is 0.344. The molecule has 1 nitrogen and oxygen atoms in total. The molecule has 0 unspecified atom stereocenters. The summed E-state index contributed by atoms with van der Waals surface area (Å²) in [4.78, 5) is 3.61. The van der Waals surface area contributed by atoms with Gasteiger partial charge in [0.15, 0.2) is 0 Å². The molecule has 0 N–H and O–H groups in total. The van der Waals surface area contributed by atoms with E-state index in [2.05, 4.69) is 4.99 Å². The van der Waals surface area contributed by atoms with Gasteiger partial charge >= 0.3 is 0 Å². The quantitative estimate of drug-likeness (QED) is 0.454. The van der Waals surface area contributed by atoms with Crippen LogP contribution in [0, 0.1) is 0 Å². The summed E-state index contributed by atoms with van der Waals surface area (Å²) in [5, 5.41) is 0.194. The van der Waals surface area contributed by atoms with Gasteiger partial charge in [-0.25, -0.2) is 0 Å². The first kappa shape index (κ1) is 6.99. The van der Waals surface area contributed by atoms with Crippen molar-refractivity contribution in [1.29, 1.82) is 0 Å². The Bertz CT molecular complexity index is 59.8. The molecule has 0 atom stereocenters. The van der Waals surface area contributed by atoms with Crippen LogP contribution in [-0.4, -0.2) is 11.6 Å². The number of aliphatic imine (C=N–C) groups is 1. The van der Waals surface area contributed by atoms with E-state index in [0.29, 0.717) is 0 Å². The van der Waals surface area contributed by atoms with E-state index in [4.69, 9.17) is 23.2 Å². The van der Waals surface area contributed by atoms with E-state index in [1.807, 2.05) is 6.08 Å². The lowest BCUT2D eigenvalue weighted by Gasteiger charge is -1.77. The molecule has 0 bridgehead atoms. The van der Waals surface area contributed by atoms with Crippen LogP contribution >= 0.6 is 23.2 Å². The van der Waals surface area contributed by atoms with E-state index in [1.165, 1.54) is 0 Å². The molecule has 0 aromatic rings. The van der Waals surface area contributed by atoms with Crippen LogP contribution in [0.5, 0.6) is 0 Å². The molecule has 0 spiro atoms. The highest BCUT2D eigenvalue weighted by Crippen LogP contribution is 1.78. The third kappa shape index (κ3) is 5.99. The van der Waals surface area contributed by atoms with Crippen LogP contribution in [0.25, 0.3) is 0 Å². The summed E-state index contributed by atoms with van der Waals surface area (Å²) in [7, 11) is 0. The summed E-state index contributed by atoms with van der Waals surface area (Å²) >= 11 is 9.53. The van der Waals surface area contributed by atoms with E-state index < -0.39 is 0 Å². The average Bonchev–Trinajstić information content (AvgIpc) is 1.27. The minimum absolute atomic E-state index is 0.194. The molecule has 40 valence electrons. The Morgan fingerprint density at radius 3 is 1.57 bits per heavy atom. The lowest BCUT2D eigenvalue weighted by molar-refractivity contribution is 1.55. The topological polar surface area (TPSA) is 12.4 Å². The fourth-order valence-electron chi connectivity index (χ4n) is 0.0861. The third-order valence-corrected chi connectivity index (χ3v) is 0.344. The number of hydrogen-bond acceptors (Lipinski definition) is 1. The summed E-state index contributed by atoms with van der Waals surface area (Å²) in [6.45, 7) is 0. The number of alkyl halides is 2. The number of hydrogen-bond donors (Lipinski definition) is 0. The van der Waals surface area contributed by atoms with E-state index >= 15 is 0 Å². The average molecular weight is 138 g/mol. The first-order valence-electron chi connectivity index (χ1n) is 1.72. The van der Waals surface area contributed by atoms with Gasteiger partial charge in [-0.1, -0.05) is 0 Å². The molecule has 1 aliphatic rings. The molecular weight excluding hydrogens is 133 g/mol. The Kier molecular flexibility index (Phi) is 5.98. The molecule has 0 saturated carbocycles. The van der Waals surface area contributed by atoms with Crippen LogP contribution in [0.4, 0.5) is 0 Å². The summed E-state index contributed by atoms with van der Waals surface area (Å²) in [6.07, 6.45) is 5.39. The second kappa shape index (κ2) is 5.99. The van der Waals surface area contributed by atoms with Crippen molar-refractivity contribution in [3.8, 4) is 0 Å². The van der Waals surface area contributed by atoms with Gasteiger partial charge < -0.3 is 0 Å². The molecule has 0 aliphatic carbocycles. The second-order valence-corrected chi connectivity index (χ2v) is 1.55. The van der Waals surface area contributed by atoms with Crippen LogP contribution in [0.15, 0.2) is 17.3 Å². The molecule has 0 aromatic heterocycles. The SMILES string of the molecule is C1=CN=C1.ClCCl. The van der Waals surface area contributed by atoms with Crippen LogP contribution < -0.4 is 0 Å². The lowest BCUT2D eigenvalue weighted by Crippen LogP contribution is -1.67. The van der Waals surface area contributed by atoms with Gasteiger partial charge in [0.25, 0.3) is 0 Å². The van der Waals surface area contributed by atoms with E-state index in [-0.39, 0.29) is 5.34 Å². The lowest BCUT2D eigenvalue weighted by atomic mass is 10.6. The molecule has 7 heavy (non-hydrogen) atoms. The van der Waals surface area contributed by atoms with Crippen LogP contribution in [-0.2, 0) is 0 Å². The molecule has 0 amide bonds. The largest absolute Gasteiger partial charge is 0.265 e. The van der Waals surface area contributed by atoms with Gasteiger partial charge in [-0.05, 0) is 6.08 Å². The molecule has 0 radical (unpaired) electrons. The summed E-state index contributed by atoms with van der Waals surface area (Å²) in [6, 6.07) is 0.